The van der Waals surface area contributed by atoms with Gasteiger partial charge in [0.15, 0.2) is 9.84 Å². The van der Waals surface area contributed by atoms with E-state index in [4.69, 9.17) is 0 Å². The molecule has 142 valence electrons. The van der Waals surface area contributed by atoms with Crippen LogP contribution in [0.3, 0.4) is 0 Å². The van der Waals surface area contributed by atoms with Crippen molar-refractivity contribution in [2.24, 2.45) is 5.92 Å². The van der Waals surface area contributed by atoms with Gasteiger partial charge in [0.1, 0.15) is 0 Å². The summed E-state index contributed by atoms with van der Waals surface area (Å²) >= 11 is 0. The van der Waals surface area contributed by atoms with Gasteiger partial charge in [0.2, 0.25) is 11.9 Å². The molecule has 26 heavy (non-hydrogen) atoms. The van der Waals surface area contributed by atoms with E-state index in [1.54, 1.807) is 20.3 Å². The molecule has 8 nitrogen and oxygen atoms in total. The molecule has 0 radical (unpaired) electrons. The second-order valence-corrected chi connectivity index (χ2v) is 10.1. The molecule has 3 aliphatic rings. The van der Waals surface area contributed by atoms with Gasteiger partial charge in [-0.2, -0.15) is 0 Å². The smallest absolute Gasteiger partial charge is 0.236 e. The monoisotopic (exact) mass is 379 g/mol. The molecule has 2 fully saturated rings. The number of likely N-dealkylation sites (tertiary alicyclic amines) is 1. The molecule has 1 saturated carbocycles. The van der Waals surface area contributed by atoms with Gasteiger partial charge in [-0.05, 0) is 18.8 Å². The highest BCUT2D eigenvalue weighted by molar-refractivity contribution is 7.91. The third kappa shape index (κ3) is 3.42. The van der Waals surface area contributed by atoms with Crippen LogP contribution in [0.1, 0.15) is 30.0 Å². The summed E-state index contributed by atoms with van der Waals surface area (Å²) in [5.41, 5.74) is 1.53. The second kappa shape index (κ2) is 6.45. The molecule has 0 spiro atoms. The second-order valence-electron chi connectivity index (χ2n) is 7.86. The maximum Gasteiger partial charge on any atom is 0.236 e. The fourth-order valence-corrected chi connectivity index (χ4v) is 5.78. The number of aromatic nitrogens is 2. The predicted octanol–water partition coefficient (Wildman–Crippen LogP) is 0.0829. The SMILES string of the molecule is CN(C)C(=O)CN1C[C@@H]2c3nc(NCC4CC4)ncc3CS(=O)(=O)[C@@H]2C1. The highest BCUT2D eigenvalue weighted by Gasteiger charge is 2.47. The van der Waals surface area contributed by atoms with Gasteiger partial charge in [0.05, 0.1) is 23.2 Å². The van der Waals surface area contributed by atoms with E-state index < -0.39 is 15.1 Å². The van der Waals surface area contributed by atoms with Gasteiger partial charge < -0.3 is 10.2 Å². The molecule has 2 aliphatic heterocycles. The van der Waals surface area contributed by atoms with E-state index >= 15 is 0 Å². The minimum Gasteiger partial charge on any atom is -0.354 e. The van der Waals surface area contributed by atoms with Crippen LogP contribution in [0.4, 0.5) is 5.95 Å². The number of nitrogens with zero attached hydrogens (tertiary/aromatic N) is 4. The first-order chi connectivity index (χ1) is 12.3. The molecule has 1 aromatic rings. The molecular formula is C17H25N5O3S. The highest BCUT2D eigenvalue weighted by atomic mass is 32.2. The summed E-state index contributed by atoms with van der Waals surface area (Å²) in [5, 5.41) is 2.78. The van der Waals surface area contributed by atoms with Crippen molar-refractivity contribution in [3.05, 3.63) is 17.5 Å². The molecule has 4 rings (SSSR count). The van der Waals surface area contributed by atoms with E-state index in [0.717, 1.165) is 12.2 Å². The number of carbonyl (C=O) groups is 1. The quantitative estimate of drug-likeness (QED) is 0.774. The Kier molecular flexibility index (Phi) is 4.38. The van der Waals surface area contributed by atoms with Crippen LogP contribution < -0.4 is 5.32 Å². The number of carbonyl (C=O) groups excluding carboxylic acids is 1. The van der Waals surface area contributed by atoms with Crippen LogP contribution in [-0.2, 0) is 20.4 Å². The van der Waals surface area contributed by atoms with Gasteiger partial charge >= 0.3 is 0 Å². The summed E-state index contributed by atoms with van der Waals surface area (Å²) in [6.07, 6.45) is 4.14. The number of amides is 1. The molecule has 0 unspecified atom stereocenters. The first-order valence-electron chi connectivity index (χ1n) is 9.07. The Hall–Kier alpha value is -1.74. The Morgan fingerprint density at radius 3 is 2.81 bits per heavy atom. The zero-order valence-corrected chi connectivity index (χ0v) is 16.0. The number of anilines is 1. The van der Waals surface area contributed by atoms with Crippen molar-refractivity contribution in [1.82, 2.24) is 19.8 Å². The molecule has 2 atom stereocenters. The number of fused-ring (bicyclic) bond motifs is 3. The Morgan fingerprint density at radius 2 is 2.12 bits per heavy atom. The van der Waals surface area contributed by atoms with Crippen molar-refractivity contribution in [2.45, 2.75) is 29.8 Å². The van der Waals surface area contributed by atoms with Gasteiger partial charge in [-0.15, -0.1) is 0 Å². The first-order valence-corrected chi connectivity index (χ1v) is 10.8. The Labute approximate surface area is 153 Å². The minimum atomic E-state index is -3.26. The van der Waals surface area contributed by atoms with Crippen LogP contribution in [0, 0.1) is 5.92 Å². The third-order valence-corrected chi connectivity index (χ3v) is 7.63. The molecule has 3 heterocycles. The lowest BCUT2D eigenvalue weighted by Gasteiger charge is -2.26. The number of likely N-dealkylation sites (N-methyl/N-ethyl adjacent to an activating group) is 1. The van der Waals surface area contributed by atoms with E-state index in [1.165, 1.54) is 17.7 Å². The summed E-state index contributed by atoms with van der Waals surface area (Å²) in [6.45, 7) is 2.04. The average Bonchev–Trinajstić information content (AvgIpc) is 3.30. The van der Waals surface area contributed by atoms with Gasteiger partial charge in [-0.3, -0.25) is 9.69 Å². The van der Waals surface area contributed by atoms with Gasteiger partial charge in [0.25, 0.3) is 0 Å². The van der Waals surface area contributed by atoms with Crippen molar-refractivity contribution in [2.75, 3.05) is 45.6 Å². The average molecular weight is 379 g/mol. The van der Waals surface area contributed by atoms with Crippen LogP contribution in [0.5, 0.6) is 0 Å². The topological polar surface area (TPSA) is 95.5 Å². The number of hydrogen-bond donors (Lipinski definition) is 1. The lowest BCUT2D eigenvalue weighted by atomic mass is 10.00. The van der Waals surface area contributed by atoms with Crippen LogP contribution in [0.15, 0.2) is 6.20 Å². The lowest BCUT2D eigenvalue weighted by molar-refractivity contribution is -0.129. The maximum absolute atomic E-state index is 12.7. The summed E-state index contributed by atoms with van der Waals surface area (Å²) in [5.74, 6) is 1.07. The third-order valence-electron chi connectivity index (χ3n) is 5.51. The first kappa shape index (κ1) is 17.7. The summed E-state index contributed by atoms with van der Waals surface area (Å²) in [6, 6.07) is 0. The van der Waals surface area contributed by atoms with Crippen LogP contribution >= 0.6 is 0 Å². The van der Waals surface area contributed by atoms with Gasteiger partial charge in [-0.1, -0.05) is 0 Å². The molecule has 0 bridgehead atoms. The fraction of sp³-hybridized carbons (Fsp3) is 0.706. The van der Waals surface area contributed by atoms with Crippen LogP contribution in [0.25, 0.3) is 0 Å². The predicted molar refractivity (Wildman–Crippen MR) is 97.5 cm³/mol. The van der Waals surface area contributed by atoms with E-state index in [0.29, 0.717) is 30.5 Å². The van der Waals surface area contributed by atoms with Gasteiger partial charge in [0, 0.05) is 51.4 Å². The number of nitrogens with one attached hydrogen (secondary N) is 1. The zero-order chi connectivity index (χ0) is 18.5. The van der Waals surface area contributed by atoms with Crippen molar-refractivity contribution < 1.29 is 13.2 Å². The molecule has 1 saturated heterocycles. The van der Waals surface area contributed by atoms with Gasteiger partial charge in [-0.25, -0.2) is 18.4 Å². The Bertz CT molecular complexity index is 822. The lowest BCUT2D eigenvalue weighted by Crippen LogP contribution is -2.37. The number of sulfone groups is 1. The van der Waals surface area contributed by atoms with E-state index in [-0.39, 0.29) is 24.1 Å². The van der Waals surface area contributed by atoms with Crippen molar-refractivity contribution in [1.29, 1.82) is 0 Å². The Balaban J connectivity index is 1.57. The Morgan fingerprint density at radius 1 is 1.35 bits per heavy atom. The van der Waals surface area contributed by atoms with Crippen LogP contribution in [0.2, 0.25) is 0 Å². The molecular weight excluding hydrogens is 354 g/mol. The summed E-state index contributed by atoms with van der Waals surface area (Å²) in [4.78, 5) is 24.5. The van der Waals surface area contributed by atoms with Crippen LogP contribution in [-0.4, -0.2) is 79.6 Å². The van der Waals surface area contributed by atoms with E-state index in [2.05, 4.69) is 15.3 Å². The standard InChI is InChI=1S/C17H25N5O3S/c1-21(2)15(23)9-22-7-13-14(8-22)26(24,25)10-12-6-19-17(20-16(12)13)18-5-11-3-4-11/h6,11,13-14H,3-5,7-10H2,1-2H3,(H,18,19,20)/t13-,14+/m0/s1. The maximum atomic E-state index is 12.7. The molecule has 1 amide bonds. The highest BCUT2D eigenvalue weighted by Crippen LogP contribution is 2.39. The van der Waals surface area contributed by atoms with E-state index in [1.807, 2.05) is 4.90 Å². The number of rotatable bonds is 5. The minimum absolute atomic E-state index is 0.0120. The van der Waals surface area contributed by atoms with Crippen molar-refractivity contribution in [3.8, 4) is 0 Å². The fourth-order valence-electron chi connectivity index (χ4n) is 3.76. The number of hydrogen-bond acceptors (Lipinski definition) is 7. The normalized spacial score (nSPS) is 26.8. The molecule has 1 N–H and O–H groups in total. The van der Waals surface area contributed by atoms with Crippen molar-refractivity contribution in [3.63, 3.8) is 0 Å². The zero-order valence-electron chi connectivity index (χ0n) is 15.2. The molecule has 1 aliphatic carbocycles. The van der Waals surface area contributed by atoms with E-state index in [9.17, 15) is 13.2 Å². The largest absolute Gasteiger partial charge is 0.354 e. The molecule has 9 heteroatoms. The molecule has 0 aromatic carbocycles. The summed E-state index contributed by atoms with van der Waals surface area (Å²) in [7, 11) is 0.163. The van der Waals surface area contributed by atoms with Crippen molar-refractivity contribution >= 4 is 21.7 Å². The summed E-state index contributed by atoms with van der Waals surface area (Å²) < 4.78 is 25.4. The molecule has 1 aromatic heterocycles.